The number of alkyl carbamates (subject to hydrolysis) is 1. The third-order valence-corrected chi connectivity index (χ3v) is 2.51. The van der Waals surface area contributed by atoms with Gasteiger partial charge >= 0.3 is 12.1 Å². The molecule has 1 aromatic rings. The fourth-order valence-electron chi connectivity index (χ4n) is 1.60. The Hall–Kier alpha value is -2.90. The van der Waals surface area contributed by atoms with Crippen molar-refractivity contribution >= 4 is 23.9 Å². The molecule has 1 N–H and O–H groups in total. The zero-order valence-electron chi connectivity index (χ0n) is 10.4. The van der Waals surface area contributed by atoms with Crippen LogP contribution >= 0.6 is 0 Å². The molecule has 0 saturated carbocycles. The van der Waals surface area contributed by atoms with Gasteiger partial charge in [0.05, 0.1) is 18.2 Å². The minimum atomic E-state index is -0.968. The van der Waals surface area contributed by atoms with E-state index in [4.69, 9.17) is 0 Å². The topological polar surface area (TPSA) is 102 Å². The number of methoxy groups -OCH3 is 1. The maximum absolute atomic E-state index is 11.9. The first-order chi connectivity index (χ1) is 9.54. The predicted octanol–water partition coefficient (Wildman–Crippen LogP) is 0.0968. The second-order valence-corrected chi connectivity index (χ2v) is 3.76. The minimum absolute atomic E-state index is 0.159. The molecule has 0 bridgehead atoms. The van der Waals surface area contributed by atoms with E-state index in [1.165, 1.54) is 12.1 Å². The van der Waals surface area contributed by atoms with Gasteiger partial charge in [-0.05, 0) is 12.1 Å². The van der Waals surface area contributed by atoms with Gasteiger partial charge in [-0.2, -0.15) is 0 Å². The zero-order valence-corrected chi connectivity index (χ0v) is 10.4. The first-order valence-electron chi connectivity index (χ1n) is 5.55. The highest BCUT2D eigenvalue weighted by Gasteiger charge is 2.38. The standard InChI is InChI=1S/C12H10N2O6/c1-19-12(18)13-6-9(15)20-14-10(16)7-4-2-3-5-8(7)11(14)17/h2-5H,6H2,1H3,(H,13,18). The molecule has 0 atom stereocenters. The Balaban J connectivity index is 2.02. The molecule has 0 saturated heterocycles. The van der Waals surface area contributed by atoms with Gasteiger partial charge in [0.2, 0.25) is 0 Å². The van der Waals surface area contributed by atoms with Gasteiger partial charge in [0, 0.05) is 0 Å². The average Bonchev–Trinajstić information content (AvgIpc) is 2.70. The summed E-state index contributed by atoms with van der Waals surface area (Å²) in [5.74, 6) is -2.42. The van der Waals surface area contributed by atoms with Gasteiger partial charge in [0.25, 0.3) is 11.8 Å². The van der Waals surface area contributed by atoms with E-state index in [-0.39, 0.29) is 11.1 Å². The van der Waals surface area contributed by atoms with E-state index in [9.17, 15) is 19.2 Å². The van der Waals surface area contributed by atoms with Gasteiger partial charge in [-0.3, -0.25) is 9.59 Å². The fourth-order valence-corrected chi connectivity index (χ4v) is 1.60. The van der Waals surface area contributed by atoms with E-state index in [1.807, 2.05) is 0 Å². The number of rotatable bonds is 3. The molecule has 1 aliphatic heterocycles. The summed E-state index contributed by atoms with van der Waals surface area (Å²) < 4.78 is 4.26. The molecular formula is C12H10N2O6. The number of hydrogen-bond acceptors (Lipinski definition) is 6. The van der Waals surface area contributed by atoms with Crippen molar-refractivity contribution in [1.82, 2.24) is 10.4 Å². The summed E-state index contributed by atoms with van der Waals surface area (Å²) in [4.78, 5) is 50.5. The molecule has 1 aliphatic rings. The van der Waals surface area contributed by atoms with Crippen LogP contribution in [0, 0.1) is 0 Å². The molecule has 0 radical (unpaired) electrons. The highest BCUT2D eigenvalue weighted by Crippen LogP contribution is 2.22. The van der Waals surface area contributed by atoms with Crippen molar-refractivity contribution in [2.24, 2.45) is 0 Å². The smallest absolute Gasteiger partial charge is 0.407 e. The van der Waals surface area contributed by atoms with E-state index >= 15 is 0 Å². The van der Waals surface area contributed by atoms with Crippen molar-refractivity contribution in [1.29, 1.82) is 0 Å². The Morgan fingerprint density at radius 1 is 1.15 bits per heavy atom. The number of benzene rings is 1. The minimum Gasteiger partial charge on any atom is -0.453 e. The normalized spacial score (nSPS) is 12.9. The Kier molecular flexibility index (Phi) is 3.65. The Bertz CT molecular complexity index is 562. The van der Waals surface area contributed by atoms with Crippen LogP contribution in [0.15, 0.2) is 24.3 Å². The van der Waals surface area contributed by atoms with E-state index in [0.29, 0.717) is 5.06 Å². The van der Waals surface area contributed by atoms with Crippen molar-refractivity contribution in [3.05, 3.63) is 35.4 Å². The lowest BCUT2D eigenvalue weighted by molar-refractivity contribution is -0.167. The molecule has 3 amide bonds. The lowest BCUT2D eigenvalue weighted by Crippen LogP contribution is -2.37. The number of amides is 3. The molecule has 1 heterocycles. The fraction of sp³-hybridized carbons (Fsp3) is 0.167. The molecule has 0 aromatic heterocycles. The molecule has 20 heavy (non-hydrogen) atoms. The summed E-state index contributed by atoms with van der Waals surface area (Å²) in [6, 6.07) is 6.09. The van der Waals surface area contributed by atoms with E-state index in [0.717, 1.165) is 7.11 Å². The first-order valence-corrected chi connectivity index (χ1v) is 5.55. The van der Waals surface area contributed by atoms with E-state index in [1.54, 1.807) is 12.1 Å². The van der Waals surface area contributed by atoms with Crippen LogP contribution in [0.3, 0.4) is 0 Å². The number of carbonyl (C=O) groups excluding carboxylic acids is 4. The number of ether oxygens (including phenoxy) is 1. The molecule has 1 aromatic carbocycles. The third-order valence-electron chi connectivity index (χ3n) is 2.51. The number of fused-ring (bicyclic) bond motifs is 1. The third kappa shape index (κ3) is 2.44. The maximum Gasteiger partial charge on any atom is 0.407 e. The van der Waals surface area contributed by atoms with Crippen LogP contribution in [-0.4, -0.2) is 42.6 Å². The Morgan fingerprint density at radius 2 is 1.70 bits per heavy atom. The van der Waals surface area contributed by atoms with Gasteiger partial charge in [-0.15, -0.1) is 0 Å². The average molecular weight is 278 g/mol. The van der Waals surface area contributed by atoms with Crippen LogP contribution in [0.5, 0.6) is 0 Å². The van der Waals surface area contributed by atoms with Gasteiger partial charge in [0.1, 0.15) is 6.54 Å². The van der Waals surface area contributed by atoms with E-state index < -0.39 is 30.4 Å². The maximum atomic E-state index is 11.9. The summed E-state index contributed by atoms with van der Waals surface area (Å²) in [6.45, 7) is -0.528. The molecule has 8 nitrogen and oxygen atoms in total. The van der Waals surface area contributed by atoms with Crippen LogP contribution in [0.25, 0.3) is 0 Å². The van der Waals surface area contributed by atoms with Crippen molar-refractivity contribution in [3.63, 3.8) is 0 Å². The second kappa shape index (κ2) is 5.39. The van der Waals surface area contributed by atoms with E-state index in [2.05, 4.69) is 14.9 Å². The summed E-state index contributed by atoms with van der Waals surface area (Å²) in [7, 11) is 1.13. The molecule has 104 valence electrons. The summed E-state index contributed by atoms with van der Waals surface area (Å²) in [5.41, 5.74) is 0.317. The van der Waals surface area contributed by atoms with Crippen molar-refractivity contribution < 1.29 is 28.8 Å². The quantitative estimate of drug-likeness (QED) is 0.786. The van der Waals surface area contributed by atoms with Gasteiger partial charge in [-0.25, -0.2) is 9.59 Å². The number of imide groups is 1. The molecular weight excluding hydrogens is 268 g/mol. The molecule has 8 heteroatoms. The van der Waals surface area contributed by atoms with Gasteiger partial charge in [0.15, 0.2) is 0 Å². The van der Waals surface area contributed by atoms with Crippen LogP contribution in [0.4, 0.5) is 4.79 Å². The van der Waals surface area contributed by atoms with Crippen LogP contribution in [0.1, 0.15) is 20.7 Å². The lowest BCUT2D eigenvalue weighted by atomic mass is 10.1. The number of nitrogens with one attached hydrogen (secondary N) is 1. The molecule has 2 rings (SSSR count). The predicted molar refractivity (Wildman–Crippen MR) is 63.4 cm³/mol. The van der Waals surface area contributed by atoms with Crippen molar-refractivity contribution in [3.8, 4) is 0 Å². The lowest BCUT2D eigenvalue weighted by Gasteiger charge is -2.12. The monoisotopic (exact) mass is 278 g/mol. The number of carbonyl (C=O) groups is 4. The van der Waals surface area contributed by atoms with Crippen LogP contribution < -0.4 is 5.32 Å². The Morgan fingerprint density at radius 3 is 2.20 bits per heavy atom. The summed E-state index contributed by atoms with van der Waals surface area (Å²) in [5, 5.41) is 2.44. The molecule has 0 unspecified atom stereocenters. The summed E-state index contributed by atoms with van der Waals surface area (Å²) >= 11 is 0. The molecule has 0 fully saturated rings. The second-order valence-electron chi connectivity index (χ2n) is 3.76. The number of hydrogen-bond donors (Lipinski definition) is 1. The van der Waals surface area contributed by atoms with Gasteiger partial charge < -0.3 is 14.9 Å². The van der Waals surface area contributed by atoms with Crippen molar-refractivity contribution in [2.75, 3.05) is 13.7 Å². The number of nitrogens with zero attached hydrogens (tertiary/aromatic N) is 1. The first kappa shape index (κ1) is 13.5. The molecule has 0 spiro atoms. The summed E-state index contributed by atoms with van der Waals surface area (Å²) in [6.07, 6.45) is -0.829. The SMILES string of the molecule is COC(=O)NCC(=O)ON1C(=O)c2ccccc2C1=O. The zero-order chi connectivity index (χ0) is 14.7. The van der Waals surface area contributed by atoms with Crippen molar-refractivity contribution in [2.45, 2.75) is 0 Å². The van der Waals surface area contributed by atoms with Crippen LogP contribution in [-0.2, 0) is 14.4 Å². The number of hydroxylamine groups is 2. The highest BCUT2D eigenvalue weighted by molar-refractivity contribution is 6.20. The molecule has 0 aliphatic carbocycles. The Labute approximate surface area is 113 Å². The van der Waals surface area contributed by atoms with Crippen LogP contribution in [0.2, 0.25) is 0 Å². The largest absolute Gasteiger partial charge is 0.453 e. The highest BCUT2D eigenvalue weighted by atomic mass is 16.7. The van der Waals surface area contributed by atoms with Gasteiger partial charge in [-0.1, -0.05) is 17.2 Å².